The van der Waals surface area contributed by atoms with Gasteiger partial charge in [0.05, 0.1) is 20.6 Å². The summed E-state index contributed by atoms with van der Waals surface area (Å²) >= 11 is 0. The van der Waals surface area contributed by atoms with Gasteiger partial charge in [-0.3, -0.25) is 4.79 Å². The summed E-state index contributed by atoms with van der Waals surface area (Å²) in [6, 6.07) is 5.31. The van der Waals surface area contributed by atoms with E-state index in [1.54, 1.807) is 32.4 Å². The summed E-state index contributed by atoms with van der Waals surface area (Å²) in [6.07, 6.45) is -0.0494. The highest BCUT2D eigenvalue weighted by molar-refractivity contribution is 5.69. The molecule has 0 amide bonds. The van der Waals surface area contributed by atoms with E-state index < -0.39 is 11.5 Å². The number of nitrogens with two attached hydrogens (primary N) is 1. The van der Waals surface area contributed by atoms with Gasteiger partial charge < -0.3 is 20.3 Å². The molecule has 0 saturated carbocycles. The van der Waals surface area contributed by atoms with Gasteiger partial charge in [0.2, 0.25) is 0 Å². The van der Waals surface area contributed by atoms with Gasteiger partial charge in [-0.15, -0.1) is 0 Å². The second-order valence-corrected chi connectivity index (χ2v) is 5.08. The van der Waals surface area contributed by atoms with Gasteiger partial charge in [0.25, 0.3) is 0 Å². The molecule has 1 rings (SSSR count). The number of methoxy groups -OCH3 is 2. The molecular formula is C14H21NO4. The Hall–Kier alpha value is -1.75. The molecule has 0 fully saturated rings. The van der Waals surface area contributed by atoms with Crippen LogP contribution in [0, 0.1) is 0 Å². The molecule has 0 spiro atoms. The van der Waals surface area contributed by atoms with E-state index in [-0.39, 0.29) is 12.3 Å². The van der Waals surface area contributed by atoms with E-state index in [9.17, 15) is 4.79 Å². The van der Waals surface area contributed by atoms with Crippen LogP contribution in [0.1, 0.15) is 31.7 Å². The average Bonchev–Trinajstić information content (AvgIpc) is 2.33. The lowest BCUT2D eigenvalue weighted by atomic mass is 9.80. The summed E-state index contributed by atoms with van der Waals surface area (Å²) in [5.41, 5.74) is 6.21. The van der Waals surface area contributed by atoms with Gasteiger partial charge in [-0.05, 0) is 25.5 Å². The molecule has 0 aliphatic rings. The molecule has 0 saturated heterocycles. The minimum absolute atomic E-state index is 0.0494. The Morgan fingerprint density at radius 3 is 2.42 bits per heavy atom. The summed E-state index contributed by atoms with van der Waals surface area (Å²) in [4.78, 5) is 11.0. The van der Waals surface area contributed by atoms with Crippen LogP contribution in [0.4, 0.5) is 0 Å². The largest absolute Gasteiger partial charge is 0.497 e. The molecule has 1 atom stereocenters. The highest BCUT2D eigenvalue weighted by atomic mass is 16.5. The van der Waals surface area contributed by atoms with Gasteiger partial charge in [0.15, 0.2) is 0 Å². The number of aliphatic carboxylic acids is 1. The lowest BCUT2D eigenvalue weighted by Gasteiger charge is -2.31. The van der Waals surface area contributed by atoms with E-state index in [4.69, 9.17) is 20.3 Å². The van der Waals surface area contributed by atoms with Gasteiger partial charge in [-0.25, -0.2) is 0 Å². The van der Waals surface area contributed by atoms with Gasteiger partial charge >= 0.3 is 5.97 Å². The Morgan fingerprint density at radius 1 is 1.37 bits per heavy atom. The maximum atomic E-state index is 11.0. The molecule has 0 heterocycles. The van der Waals surface area contributed by atoms with Crippen LogP contribution in [-0.2, 0) is 4.79 Å². The number of rotatable bonds is 6. The molecule has 0 aromatic heterocycles. The van der Waals surface area contributed by atoms with Crippen molar-refractivity contribution in [2.24, 2.45) is 5.73 Å². The Balaban J connectivity index is 3.25. The van der Waals surface area contributed by atoms with Crippen LogP contribution in [0.25, 0.3) is 0 Å². The van der Waals surface area contributed by atoms with E-state index in [2.05, 4.69) is 0 Å². The zero-order chi connectivity index (χ0) is 14.6. The second kappa shape index (κ2) is 5.93. The Bertz CT molecular complexity index is 451. The lowest BCUT2D eigenvalue weighted by molar-refractivity contribution is -0.137. The third-order valence-corrected chi connectivity index (χ3v) is 3.09. The predicted octanol–water partition coefficient (Wildman–Crippen LogP) is 2.00. The highest BCUT2D eigenvalue weighted by Crippen LogP contribution is 2.37. The van der Waals surface area contributed by atoms with E-state index in [1.165, 1.54) is 0 Å². The van der Waals surface area contributed by atoms with Crippen molar-refractivity contribution < 1.29 is 19.4 Å². The molecule has 0 aliphatic heterocycles. The van der Waals surface area contributed by atoms with Crippen molar-refractivity contribution in [3.8, 4) is 11.5 Å². The number of carbonyl (C=O) groups is 1. The number of carboxylic acid groups (broad SMARTS) is 1. The van der Waals surface area contributed by atoms with Crippen molar-refractivity contribution in [1.82, 2.24) is 0 Å². The topological polar surface area (TPSA) is 81.8 Å². The van der Waals surface area contributed by atoms with Crippen LogP contribution < -0.4 is 15.2 Å². The van der Waals surface area contributed by atoms with Crippen molar-refractivity contribution in [3.63, 3.8) is 0 Å². The molecule has 1 unspecified atom stereocenters. The molecule has 5 nitrogen and oxygen atoms in total. The van der Waals surface area contributed by atoms with E-state index in [1.807, 2.05) is 13.8 Å². The first-order chi connectivity index (χ1) is 8.79. The highest BCUT2D eigenvalue weighted by Gasteiger charge is 2.31. The quantitative estimate of drug-likeness (QED) is 0.823. The van der Waals surface area contributed by atoms with E-state index >= 15 is 0 Å². The summed E-state index contributed by atoms with van der Waals surface area (Å²) < 4.78 is 10.4. The monoisotopic (exact) mass is 267 g/mol. The molecule has 3 N–H and O–H groups in total. The number of ether oxygens (including phenoxy) is 2. The van der Waals surface area contributed by atoms with Crippen LogP contribution in [-0.4, -0.2) is 30.8 Å². The summed E-state index contributed by atoms with van der Waals surface area (Å²) in [7, 11) is 3.11. The molecule has 0 aliphatic carbocycles. The average molecular weight is 267 g/mol. The minimum atomic E-state index is -0.888. The first-order valence-corrected chi connectivity index (χ1v) is 6.02. The van der Waals surface area contributed by atoms with Crippen LogP contribution in [0.2, 0.25) is 0 Å². The summed E-state index contributed by atoms with van der Waals surface area (Å²) in [5.74, 6) is 0.0147. The van der Waals surface area contributed by atoms with E-state index in [0.29, 0.717) is 11.5 Å². The first-order valence-electron chi connectivity index (χ1n) is 6.02. The Labute approximate surface area is 113 Å². The minimum Gasteiger partial charge on any atom is -0.497 e. The van der Waals surface area contributed by atoms with Crippen LogP contribution >= 0.6 is 0 Å². The maximum absolute atomic E-state index is 11.0. The number of carboxylic acids is 1. The van der Waals surface area contributed by atoms with Gasteiger partial charge in [0.1, 0.15) is 11.5 Å². The third-order valence-electron chi connectivity index (χ3n) is 3.09. The predicted molar refractivity (Wildman–Crippen MR) is 72.8 cm³/mol. The molecule has 1 aromatic rings. The Kier molecular flexibility index (Phi) is 4.78. The summed E-state index contributed by atoms with van der Waals surface area (Å²) in [5, 5.41) is 9.05. The third kappa shape index (κ3) is 3.86. The molecule has 106 valence electrons. The zero-order valence-corrected chi connectivity index (χ0v) is 11.8. The fourth-order valence-corrected chi connectivity index (χ4v) is 2.05. The molecule has 19 heavy (non-hydrogen) atoms. The molecule has 1 aromatic carbocycles. The number of hydrogen-bond acceptors (Lipinski definition) is 4. The Morgan fingerprint density at radius 2 is 2.00 bits per heavy atom. The lowest BCUT2D eigenvalue weighted by Crippen LogP contribution is -2.40. The van der Waals surface area contributed by atoms with Gasteiger partial charge in [-0.2, -0.15) is 0 Å². The van der Waals surface area contributed by atoms with Crippen molar-refractivity contribution in [2.75, 3.05) is 14.2 Å². The second-order valence-electron chi connectivity index (χ2n) is 5.08. The number of benzene rings is 1. The molecular weight excluding hydrogens is 246 g/mol. The van der Waals surface area contributed by atoms with Crippen molar-refractivity contribution in [3.05, 3.63) is 23.8 Å². The first kappa shape index (κ1) is 15.3. The maximum Gasteiger partial charge on any atom is 0.304 e. The standard InChI is InChI=1S/C14H21NO4/c1-14(2,15)11(8-13(16)17)10-6-5-9(18-3)7-12(10)19-4/h5-7,11H,8,15H2,1-4H3,(H,16,17). The molecule has 0 radical (unpaired) electrons. The molecule has 5 heteroatoms. The fourth-order valence-electron chi connectivity index (χ4n) is 2.05. The van der Waals surface area contributed by atoms with Gasteiger partial charge in [-0.1, -0.05) is 6.07 Å². The summed E-state index contributed by atoms with van der Waals surface area (Å²) in [6.45, 7) is 3.62. The van der Waals surface area contributed by atoms with Crippen molar-refractivity contribution >= 4 is 5.97 Å². The normalized spacial score (nSPS) is 12.9. The SMILES string of the molecule is COc1ccc(C(CC(=O)O)C(C)(C)N)c(OC)c1. The van der Waals surface area contributed by atoms with Crippen molar-refractivity contribution in [1.29, 1.82) is 0 Å². The fraction of sp³-hybridized carbons (Fsp3) is 0.500. The van der Waals surface area contributed by atoms with Crippen LogP contribution in [0.15, 0.2) is 18.2 Å². The van der Waals surface area contributed by atoms with Crippen molar-refractivity contribution in [2.45, 2.75) is 31.7 Å². The smallest absolute Gasteiger partial charge is 0.304 e. The zero-order valence-electron chi connectivity index (χ0n) is 11.8. The number of hydrogen-bond donors (Lipinski definition) is 2. The molecule has 0 bridgehead atoms. The van der Waals surface area contributed by atoms with Crippen LogP contribution in [0.3, 0.4) is 0 Å². The van der Waals surface area contributed by atoms with Gasteiger partial charge in [0, 0.05) is 17.5 Å². The van der Waals surface area contributed by atoms with Crippen LogP contribution in [0.5, 0.6) is 11.5 Å². The van der Waals surface area contributed by atoms with E-state index in [0.717, 1.165) is 5.56 Å².